The van der Waals surface area contributed by atoms with Gasteiger partial charge in [0.15, 0.2) is 0 Å². The smallest absolute Gasteiger partial charge is 0.261 e. The second-order valence-corrected chi connectivity index (χ2v) is 28.8. The molecule has 0 aromatic heterocycles. The zero-order valence-corrected chi connectivity index (χ0v) is 38.7. The third kappa shape index (κ3) is 11.3. The SMILES string of the molecule is CC(C)[Si](O[C@H]1C[C@@H](CCO[Si](c2ccccc2)(c2ccccc2)C(C)(C)C)O[C@@H](C[C@@H]2CCC[C@H](C[C@@H](C)COCc3ccccc3)O2)C1)(C(C)C)C(C)C. The second kappa shape index (κ2) is 20.7. The number of ether oxygens (including phenoxy) is 3. The van der Waals surface area contributed by atoms with Crippen LogP contribution in [0.25, 0.3) is 0 Å². The van der Waals surface area contributed by atoms with E-state index in [1.165, 1.54) is 22.4 Å². The van der Waals surface area contributed by atoms with Crippen LogP contribution in [0.2, 0.25) is 21.7 Å². The van der Waals surface area contributed by atoms with Crippen LogP contribution in [0.5, 0.6) is 0 Å². The predicted molar refractivity (Wildman–Crippen MR) is 239 cm³/mol. The third-order valence-corrected chi connectivity index (χ3v) is 24.0. The quantitative estimate of drug-likeness (QED) is 0.113. The minimum atomic E-state index is -2.64. The van der Waals surface area contributed by atoms with Gasteiger partial charge >= 0.3 is 0 Å². The molecule has 5 nitrogen and oxygen atoms in total. The van der Waals surface area contributed by atoms with Crippen molar-refractivity contribution in [3.8, 4) is 0 Å². The van der Waals surface area contributed by atoms with Crippen molar-refractivity contribution in [2.75, 3.05) is 13.2 Å². The van der Waals surface area contributed by atoms with Crippen LogP contribution in [0, 0.1) is 5.92 Å². The molecule has 2 saturated heterocycles. The van der Waals surface area contributed by atoms with Crippen molar-refractivity contribution in [1.82, 2.24) is 0 Å². The second-order valence-electron chi connectivity index (χ2n) is 19.1. The maximum Gasteiger partial charge on any atom is 0.261 e. The summed E-state index contributed by atoms with van der Waals surface area (Å²) in [4.78, 5) is 0. The van der Waals surface area contributed by atoms with E-state index in [-0.39, 0.29) is 35.6 Å². The first kappa shape index (κ1) is 45.0. The lowest BCUT2D eigenvalue weighted by Gasteiger charge is -2.48. The molecule has 0 amide bonds. The van der Waals surface area contributed by atoms with Gasteiger partial charge in [0, 0.05) is 13.2 Å². The van der Waals surface area contributed by atoms with Crippen LogP contribution in [0.4, 0.5) is 0 Å². The molecular weight excluding hydrogens is 725 g/mol. The zero-order chi connectivity index (χ0) is 40.3. The highest BCUT2D eigenvalue weighted by atomic mass is 28.4. The molecule has 310 valence electrons. The van der Waals surface area contributed by atoms with Crippen molar-refractivity contribution < 1.29 is 23.1 Å². The minimum Gasteiger partial charge on any atom is -0.413 e. The molecule has 0 saturated carbocycles. The van der Waals surface area contributed by atoms with Gasteiger partial charge in [-0.25, -0.2) is 0 Å². The van der Waals surface area contributed by atoms with E-state index in [1.807, 2.05) is 0 Å². The van der Waals surface area contributed by atoms with Gasteiger partial charge in [-0.05, 0) is 94.9 Å². The number of benzene rings is 3. The highest BCUT2D eigenvalue weighted by Crippen LogP contribution is 2.45. The molecule has 0 N–H and O–H groups in total. The lowest BCUT2D eigenvalue weighted by atomic mass is 9.91. The van der Waals surface area contributed by atoms with Crippen molar-refractivity contribution in [3.05, 3.63) is 96.6 Å². The summed E-state index contributed by atoms with van der Waals surface area (Å²) in [5.41, 5.74) is 2.86. The zero-order valence-electron chi connectivity index (χ0n) is 36.7. The first-order chi connectivity index (χ1) is 26.7. The average molecular weight is 801 g/mol. The molecular formula is C49H76O5Si2. The summed E-state index contributed by atoms with van der Waals surface area (Å²) in [5, 5.41) is 2.59. The largest absolute Gasteiger partial charge is 0.413 e. The Hall–Kier alpha value is -2.11. The minimum absolute atomic E-state index is 0.0608. The van der Waals surface area contributed by atoms with Gasteiger partial charge in [-0.3, -0.25) is 0 Å². The molecule has 6 atom stereocenters. The summed E-state index contributed by atoms with van der Waals surface area (Å²) >= 11 is 0. The van der Waals surface area contributed by atoms with E-state index in [2.05, 4.69) is 160 Å². The average Bonchev–Trinajstić information content (AvgIpc) is 3.16. The van der Waals surface area contributed by atoms with E-state index >= 15 is 0 Å². The van der Waals surface area contributed by atoms with Crippen molar-refractivity contribution in [3.63, 3.8) is 0 Å². The first-order valence-electron chi connectivity index (χ1n) is 22.1. The molecule has 0 aliphatic carbocycles. The van der Waals surface area contributed by atoms with Crippen LogP contribution in [-0.4, -0.2) is 60.4 Å². The molecule has 3 aromatic rings. The van der Waals surface area contributed by atoms with E-state index in [1.54, 1.807) is 0 Å². The fourth-order valence-electron chi connectivity index (χ4n) is 10.4. The third-order valence-electron chi connectivity index (χ3n) is 12.8. The van der Waals surface area contributed by atoms with Gasteiger partial charge in [0.1, 0.15) is 0 Å². The Bertz CT molecular complexity index is 1480. The molecule has 2 fully saturated rings. The first-order valence-corrected chi connectivity index (χ1v) is 26.1. The molecule has 7 heteroatoms. The van der Waals surface area contributed by atoms with Crippen LogP contribution >= 0.6 is 0 Å². The van der Waals surface area contributed by atoms with Crippen molar-refractivity contribution in [1.29, 1.82) is 0 Å². The van der Waals surface area contributed by atoms with Crippen molar-refractivity contribution in [2.24, 2.45) is 5.92 Å². The Morgan fingerprint density at radius 2 is 1.18 bits per heavy atom. The molecule has 2 aliphatic heterocycles. The van der Waals surface area contributed by atoms with E-state index in [4.69, 9.17) is 23.1 Å². The summed E-state index contributed by atoms with van der Waals surface area (Å²) in [6.07, 6.45) is 9.01. The monoisotopic (exact) mass is 801 g/mol. The summed E-state index contributed by atoms with van der Waals surface area (Å²) in [5.74, 6) is 0.451. The van der Waals surface area contributed by atoms with Gasteiger partial charge < -0.3 is 23.1 Å². The lowest BCUT2D eigenvalue weighted by molar-refractivity contribution is -0.133. The van der Waals surface area contributed by atoms with Gasteiger partial charge in [0.2, 0.25) is 8.32 Å². The standard InChI is InChI=1S/C49H76O5Si2/c1-37(2)55(38(3)4,39(5)6)54-46-33-44(29-30-51-56(49(8,9)10,47-25-16-12-17-26-47)48-27-18-13-19-28-48)53-45(34-46)32-43-24-20-23-42(52-43)31-40(7)35-50-36-41-21-14-11-15-22-41/h11-19,21-22,25-28,37-40,42-46H,20,23-24,29-36H2,1-10H3/t40-,42-,43+,44-,45+,46+/m1/s1. The molecule has 3 aromatic carbocycles. The Balaban J connectivity index is 1.29. The van der Waals surface area contributed by atoms with Crippen LogP contribution < -0.4 is 10.4 Å². The molecule has 2 heterocycles. The Labute approximate surface area is 343 Å². The Kier molecular flexibility index (Phi) is 16.7. The van der Waals surface area contributed by atoms with Crippen LogP contribution in [-0.2, 0) is 29.7 Å². The summed E-state index contributed by atoms with van der Waals surface area (Å²) < 4.78 is 35.1. The molecule has 0 spiro atoms. The highest BCUT2D eigenvalue weighted by molar-refractivity contribution is 6.99. The Morgan fingerprint density at radius 1 is 0.661 bits per heavy atom. The normalized spacial score (nSPS) is 23.2. The van der Waals surface area contributed by atoms with Gasteiger partial charge in [0.05, 0.1) is 37.1 Å². The number of rotatable bonds is 19. The van der Waals surface area contributed by atoms with Crippen LogP contribution in [0.3, 0.4) is 0 Å². The van der Waals surface area contributed by atoms with Crippen molar-refractivity contribution >= 4 is 27.0 Å². The van der Waals surface area contributed by atoms with Crippen LogP contribution in [0.1, 0.15) is 126 Å². The molecule has 0 bridgehead atoms. The maximum atomic E-state index is 7.57. The predicted octanol–water partition coefficient (Wildman–Crippen LogP) is 11.6. The topological polar surface area (TPSA) is 46.2 Å². The molecule has 0 radical (unpaired) electrons. The van der Waals surface area contributed by atoms with Gasteiger partial charge in [-0.15, -0.1) is 0 Å². The molecule has 2 aliphatic rings. The fourth-order valence-corrected chi connectivity index (χ4v) is 20.6. The number of hydrogen-bond donors (Lipinski definition) is 0. The summed E-state index contributed by atoms with van der Waals surface area (Å²) in [6.45, 7) is 25.9. The lowest BCUT2D eigenvalue weighted by Crippen LogP contribution is -2.66. The molecule has 5 rings (SSSR count). The van der Waals surface area contributed by atoms with Gasteiger partial charge in [-0.1, -0.05) is 160 Å². The van der Waals surface area contributed by atoms with E-state index < -0.39 is 16.6 Å². The van der Waals surface area contributed by atoms with Crippen molar-refractivity contribution in [2.45, 2.75) is 179 Å². The molecule has 56 heavy (non-hydrogen) atoms. The highest BCUT2D eigenvalue weighted by Gasteiger charge is 2.51. The van der Waals surface area contributed by atoms with Crippen LogP contribution in [0.15, 0.2) is 91.0 Å². The van der Waals surface area contributed by atoms with Gasteiger partial charge in [-0.2, -0.15) is 0 Å². The Morgan fingerprint density at radius 3 is 1.73 bits per heavy atom. The number of hydrogen-bond acceptors (Lipinski definition) is 5. The van der Waals surface area contributed by atoms with E-state index in [0.717, 1.165) is 51.6 Å². The van der Waals surface area contributed by atoms with E-state index in [9.17, 15) is 0 Å². The fraction of sp³-hybridized carbons (Fsp3) is 0.633. The summed E-state index contributed by atoms with van der Waals surface area (Å²) in [7, 11) is -4.73. The maximum absolute atomic E-state index is 7.57. The van der Waals surface area contributed by atoms with E-state index in [0.29, 0.717) is 35.8 Å². The molecule has 0 unspecified atom stereocenters. The van der Waals surface area contributed by atoms with Gasteiger partial charge in [0.25, 0.3) is 8.32 Å². The summed E-state index contributed by atoms with van der Waals surface area (Å²) in [6, 6.07) is 32.5.